The summed E-state index contributed by atoms with van der Waals surface area (Å²) in [6.45, 7) is 3.54. The van der Waals surface area contributed by atoms with Gasteiger partial charge in [-0.05, 0) is 37.1 Å². The standard InChI is InChI=1S/C25H26ClF2N7O3S/c1-5-20(15-9-17(27)11-18(28)10-15)35-24(19-7-6-8-21(31-19)37-3)32-33-25(35)34-39(36)14(2)22(38-4)23-29-12-16(26)13-30-23/h6-14,20,22H,5H2,1-4H3,(H,33,34). The zero-order valence-electron chi connectivity index (χ0n) is 21.5. The molecule has 4 atom stereocenters. The van der Waals surface area contributed by atoms with E-state index < -0.39 is 40.0 Å². The van der Waals surface area contributed by atoms with Crippen LogP contribution in [0.15, 0.2) is 48.8 Å². The molecule has 4 unspecified atom stereocenters. The van der Waals surface area contributed by atoms with Crippen molar-refractivity contribution >= 4 is 28.5 Å². The molecule has 206 valence electrons. The van der Waals surface area contributed by atoms with E-state index in [4.69, 9.17) is 21.1 Å². The van der Waals surface area contributed by atoms with Crippen molar-refractivity contribution in [3.63, 3.8) is 0 Å². The molecule has 0 bridgehead atoms. The summed E-state index contributed by atoms with van der Waals surface area (Å²) >= 11 is 5.90. The van der Waals surface area contributed by atoms with Crippen LogP contribution >= 0.6 is 11.6 Å². The van der Waals surface area contributed by atoms with Gasteiger partial charge in [0.2, 0.25) is 11.8 Å². The molecule has 0 aliphatic carbocycles. The van der Waals surface area contributed by atoms with Gasteiger partial charge in [0.1, 0.15) is 34.4 Å². The van der Waals surface area contributed by atoms with Crippen LogP contribution in [0.5, 0.6) is 5.88 Å². The third-order valence-corrected chi connectivity index (χ3v) is 7.43. The SMILES string of the molecule is CCC(c1cc(F)cc(F)c1)n1c(NS(=O)C(C)C(OC)c2ncc(Cl)cn2)nnc1-c1cccc(OC)n1. The number of hydrogen-bond acceptors (Lipinski definition) is 8. The van der Waals surface area contributed by atoms with Gasteiger partial charge in [-0.3, -0.25) is 9.29 Å². The topological polar surface area (TPSA) is 117 Å². The molecule has 0 aliphatic heterocycles. The van der Waals surface area contributed by atoms with Gasteiger partial charge in [-0.1, -0.05) is 24.6 Å². The predicted octanol–water partition coefficient (Wildman–Crippen LogP) is 4.92. The van der Waals surface area contributed by atoms with Gasteiger partial charge < -0.3 is 9.47 Å². The Kier molecular flexibility index (Phi) is 9.15. The summed E-state index contributed by atoms with van der Waals surface area (Å²) < 4.78 is 57.2. The summed E-state index contributed by atoms with van der Waals surface area (Å²) in [5, 5.41) is 8.21. The van der Waals surface area contributed by atoms with E-state index in [0.717, 1.165) is 6.07 Å². The molecule has 0 aliphatic rings. The molecule has 0 spiro atoms. The van der Waals surface area contributed by atoms with Gasteiger partial charge >= 0.3 is 0 Å². The highest BCUT2D eigenvalue weighted by atomic mass is 35.5. The number of benzene rings is 1. The zero-order chi connectivity index (χ0) is 28.1. The van der Waals surface area contributed by atoms with Crippen molar-refractivity contribution in [1.82, 2.24) is 29.7 Å². The average Bonchev–Trinajstić information content (AvgIpc) is 3.33. The Morgan fingerprint density at radius 2 is 1.79 bits per heavy atom. The van der Waals surface area contributed by atoms with Gasteiger partial charge in [0.05, 0.1) is 23.4 Å². The Hall–Kier alpha value is -3.55. The van der Waals surface area contributed by atoms with Gasteiger partial charge in [0.15, 0.2) is 11.6 Å². The van der Waals surface area contributed by atoms with Crippen LogP contribution in [0.1, 0.15) is 43.8 Å². The van der Waals surface area contributed by atoms with Crippen molar-refractivity contribution in [2.24, 2.45) is 0 Å². The summed E-state index contributed by atoms with van der Waals surface area (Å²) in [7, 11) is 1.14. The highest BCUT2D eigenvalue weighted by Crippen LogP contribution is 2.33. The minimum atomic E-state index is -1.80. The molecule has 0 amide bonds. The van der Waals surface area contributed by atoms with E-state index in [-0.39, 0.29) is 11.8 Å². The molecule has 4 rings (SSSR count). The largest absolute Gasteiger partial charge is 0.481 e. The minimum absolute atomic E-state index is 0.100. The molecule has 39 heavy (non-hydrogen) atoms. The lowest BCUT2D eigenvalue weighted by Crippen LogP contribution is -2.29. The number of anilines is 1. The highest BCUT2D eigenvalue weighted by molar-refractivity contribution is 7.87. The van der Waals surface area contributed by atoms with Crippen LogP contribution in [0.3, 0.4) is 0 Å². The average molecular weight is 578 g/mol. The second-order valence-corrected chi connectivity index (χ2v) is 10.4. The third-order valence-electron chi connectivity index (χ3n) is 5.93. The molecule has 1 N–H and O–H groups in total. The molecule has 10 nitrogen and oxygen atoms in total. The predicted molar refractivity (Wildman–Crippen MR) is 143 cm³/mol. The summed E-state index contributed by atoms with van der Waals surface area (Å²) in [5.74, 6) is -0.436. The van der Waals surface area contributed by atoms with Crippen molar-refractivity contribution < 1.29 is 22.5 Å². The number of hydrogen-bond donors (Lipinski definition) is 1. The Morgan fingerprint density at radius 3 is 2.41 bits per heavy atom. The molecule has 3 heterocycles. The normalized spacial score (nSPS) is 14.4. The molecule has 0 saturated carbocycles. The summed E-state index contributed by atoms with van der Waals surface area (Å²) in [5.41, 5.74) is 0.735. The lowest BCUT2D eigenvalue weighted by atomic mass is 10.0. The Morgan fingerprint density at radius 1 is 1.10 bits per heavy atom. The van der Waals surface area contributed by atoms with Gasteiger partial charge in [-0.2, -0.15) is 0 Å². The number of halogens is 3. The maximum atomic E-state index is 14.2. The first-order valence-corrected chi connectivity index (χ1v) is 13.4. The van der Waals surface area contributed by atoms with Crippen molar-refractivity contribution in [1.29, 1.82) is 0 Å². The smallest absolute Gasteiger partial charge is 0.237 e. The molecule has 0 fully saturated rings. The molecular formula is C25H26ClF2N7O3S. The fourth-order valence-corrected chi connectivity index (χ4v) is 5.15. The van der Waals surface area contributed by atoms with Crippen molar-refractivity contribution in [2.75, 3.05) is 18.9 Å². The van der Waals surface area contributed by atoms with Crippen molar-refractivity contribution in [2.45, 2.75) is 37.7 Å². The Labute approximate surface area is 231 Å². The van der Waals surface area contributed by atoms with E-state index in [1.165, 1.54) is 38.7 Å². The van der Waals surface area contributed by atoms with Crippen LogP contribution in [-0.4, -0.2) is 53.4 Å². The lowest BCUT2D eigenvalue weighted by Gasteiger charge is -2.24. The maximum Gasteiger partial charge on any atom is 0.237 e. The second-order valence-electron chi connectivity index (χ2n) is 8.43. The van der Waals surface area contributed by atoms with E-state index >= 15 is 0 Å². The molecular weight excluding hydrogens is 552 g/mol. The molecule has 3 aromatic heterocycles. The van der Waals surface area contributed by atoms with Gasteiger partial charge in [0.25, 0.3) is 0 Å². The number of rotatable bonds is 11. The van der Waals surface area contributed by atoms with E-state index in [9.17, 15) is 13.0 Å². The van der Waals surface area contributed by atoms with E-state index in [1.54, 1.807) is 29.7 Å². The number of aromatic nitrogens is 6. The van der Waals surface area contributed by atoms with Crippen LogP contribution in [-0.2, 0) is 15.7 Å². The fraction of sp³-hybridized carbons (Fsp3) is 0.320. The van der Waals surface area contributed by atoms with Crippen LogP contribution in [0, 0.1) is 11.6 Å². The number of nitrogens with zero attached hydrogens (tertiary/aromatic N) is 6. The summed E-state index contributed by atoms with van der Waals surface area (Å²) in [6, 6.07) is 7.73. The highest BCUT2D eigenvalue weighted by Gasteiger charge is 2.30. The second kappa shape index (κ2) is 12.5. The van der Waals surface area contributed by atoms with E-state index in [0.29, 0.717) is 34.4 Å². The van der Waals surface area contributed by atoms with Crippen LogP contribution in [0.2, 0.25) is 5.02 Å². The third kappa shape index (κ3) is 6.37. The molecule has 4 aromatic rings. The van der Waals surface area contributed by atoms with E-state index in [1.807, 2.05) is 6.92 Å². The quantitative estimate of drug-likeness (QED) is 0.267. The number of pyridine rings is 1. The maximum absolute atomic E-state index is 14.2. The molecule has 0 radical (unpaired) electrons. The van der Waals surface area contributed by atoms with E-state index in [2.05, 4.69) is 29.9 Å². The number of ether oxygens (including phenoxy) is 2. The zero-order valence-corrected chi connectivity index (χ0v) is 23.1. The van der Waals surface area contributed by atoms with Gasteiger partial charge in [-0.15, -0.1) is 10.2 Å². The summed E-state index contributed by atoms with van der Waals surface area (Å²) in [4.78, 5) is 12.8. The van der Waals surface area contributed by atoms with Gasteiger partial charge in [-0.25, -0.2) is 27.9 Å². The van der Waals surface area contributed by atoms with Crippen molar-refractivity contribution in [3.8, 4) is 17.4 Å². The summed E-state index contributed by atoms with van der Waals surface area (Å²) in [6.07, 6.45) is 2.50. The van der Waals surface area contributed by atoms with Crippen molar-refractivity contribution in [3.05, 3.63) is 76.8 Å². The minimum Gasteiger partial charge on any atom is -0.481 e. The molecule has 14 heteroatoms. The van der Waals surface area contributed by atoms with Crippen LogP contribution in [0.25, 0.3) is 11.5 Å². The first-order valence-electron chi connectivity index (χ1n) is 11.9. The van der Waals surface area contributed by atoms with Crippen LogP contribution < -0.4 is 9.46 Å². The number of methoxy groups -OCH3 is 2. The molecule has 1 aromatic carbocycles. The first kappa shape index (κ1) is 28.5. The van der Waals surface area contributed by atoms with Crippen LogP contribution in [0.4, 0.5) is 14.7 Å². The Bertz CT molecular complexity index is 1440. The number of nitrogens with one attached hydrogen (secondary N) is 1. The lowest BCUT2D eigenvalue weighted by molar-refractivity contribution is 0.0961. The monoisotopic (exact) mass is 577 g/mol. The Balaban J connectivity index is 1.76. The first-order chi connectivity index (χ1) is 18.7. The van der Waals surface area contributed by atoms with Gasteiger partial charge in [0, 0.05) is 31.6 Å². The fourth-order valence-electron chi connectivity index (χ4n) is 4.09. The molecule has 0 saturated heterocycles.